The van der Waals surface area contributed by atoms with Crippen molar-refractivity contribution in [1.82, 2.24) is 14.7 Å². The molecule has 246 valence electrons. The molecule has 5 rings (SSSR count). The number of fused-ring (bicyclic) bond motifs is 1. The van der Waals surface area contributed by atoms with Crippen LogP contribution in [0.3, 0.4) is 0 Å². The van der Waals surface area contributed by atoms with Crippen LogP contribution in [0.4, 0.5) is 5.69 Å². The van der Waals surface area contributed by atoms with Gasteiger partial charge in [0.2, 0.25) is 17.7 Å². The number of amides is 3. The molecule has 0 aliphatic carbocycles. The molecule has 6 atom stereocenters. The summed E-state index contributed by atoms with van der Waals surface area (Å²) in [6, 6.07) is 6.13. The average Bonchev–Trinajstić information content (AvgIpc) is 3.71. The summed E-state index contributed by atoms with van der Waals surface area (Å²) >= 11 is 1.65. The van der Waals surface area contributed by atoms with Crippen molar-refractivity contribution in [2.75, 3.05) is 70.6 Å². The molecule has 4 saturated heterocycles. The molecule has 1 aromatic rings. The standard InChI is InChI=1S/C34H48N4O6S/c1-5-15-36(18-17-35-19-21-43-22-20-35)33(42)30-34-14-13-27(45-34)28(29(34)32(41)38(30)24(7-3)23-39)31(40)37(16-6-2)25-9-11-26(12-10-25)44-8-4/h5-6,9-12,24,27-30,39H,1-2,7-8,13-23H2,3-4H3/t24-,27-,28+,29-,30?,34?/m0/s1. The van der Waals surface area contributed by atoms with E-state index in [1.165, 1.54) is 0 Å². The first kappa shape index (κ1) is 33.5. The van der Waals surface area contributed by atoms with Crippen LogP contribution in [-0.4, -0.2) is 125 Å². The number of hydrogen-bond acceptors (Lipinski definition) is 8. The van der Waals surface area contributed by atoms with Crippen LogP contribution in [-0.2, 0) is 19.1 Å². The molecule has 4 fully saturated rings. The monoisotopic (exact) mass is 640 g/mol. The highest BCUT2D eigenvalue weighted by Gasteiger charge is 2.74. The van der Waals surface area contributed by atoms with Gasteiger partial charge in [0.15, 0.2) is 0 Å². The zero-order valence-corrected chi connectivity index (χ0v) is 27.5. The lowest BCUT2D eigenvalue weighted by Crippen LogP contribution is -2.58. The smallest absolute Gasteiger partial charge is 0.247 e. The lowest BCUT2D eigenvalue weighted by molar-refractivity contribution is -0.145. The number of aliphatic hydroxyl groups is 1. The van der Waals surface area contributed by atoms with Crippen molar-refractivity contribution in [3.8, 4) is 5.75 Å². The van der Waals surface area contributed by atoms with E-state index in [2.05, 4.69) is 18.1 Å². The first-order valence-electron chi connectivity index (χ1n) is 16.3. The van der Waals surface area contributed by atoms with Gasteiger partial charge in [-0.25, -0.2) is 0 Å². The van der Waals surface area contributed by atoms with Crippen molar-refractivity contribution in [2.45, 2.75) is 55.2 Å². The molecule has 4 heterocycles. The predicted octanol–water partition coefficient (Wildman–Crippen LogP) is 2.81. The zero-order chi connectivity index (χ0) is 32.1. The fourth-order valence-corrected chi connectivity index (χ4v) is 9.88. The van der Waals surface area contributed by atoms with Crippen LogP contribution in [0, 0.1) is 11.8 Å². The molecule has 0 radical (unpaired) electrons. The number of likely N-dealkylation sites (tertiary alicyclic amines) is 1. The Kier molecular flexibility index (Phi) is 10.9. The van der Waals surface area contributed by atoms with Gasteiger partial charge in [0.1, 0.15) is 11.8 Å². The highest BCUT2D eigenvalue weighted by molar-refractivity contribution is 8.02. The minimum Gasteiger partial charge on any atom is -0.494 e. The number of hydrogen-bond donors (Lipinski definition) is 1. The van der Waals surface area contributed by atoms with Crippen LogP contribution in [0.15, 0.2) is 49.6 Å². The maximum atomic E-state index is 14.7. The molecule has 0 aromatic heterocycles. The summed E-state index contributed by atoms with van der Waals surface area (Å²) in [6.07, 6.45) is 5.35. The second-order valence-electron chi connectivity index (χ2n) is 12.2. The maximum absolute atomic E-state index is 14.7. The number of rotatable bonds is 15. The molecular weight excluding hydrogens is 592 g/mol. The number of aliphatic hydroxyl groups excluding tert-OH is 1. The van der Waals surface area contributed by atoms with Gasteiger partial charge in [0, 0.05) is 50.2 Å². The van der Waals surface area contributed by atoms with Gasteiger partial charge in [-0.15, -0.1) is 24.9 Å². The van der Waals surface area contributed by atoms with Crippen molar-refractivity contribution in [3.63, 3.8) is 0 Å². The molecule has 1 aromatic carbocycles. The molecule has 0 saturated carbocycles. The lowest BCUT2D eigenvalue weighted by Gasteiger charge is -2.40. The van der Waals surface area contributed by atoms with Gasteiger partial charge in [-0.05, 0) is 50.5 Å². The number of nitrogens with zero attached hydrogens (tertiary/aromatic N) is 4. The SMILES string of the molecule is C=CCN(CCN1CCOCC1)C(=O)C1N([C@@H](CC)CO)C(=O)[C@@H]2[C@H](C(=O)N(CC=C)c3ccc(OCC)cc3)[C@@H]3CCC12S3. The van der Waals surface area contributed by atoms with Crippen LogP contribution in [0.2, 0.25) is 0 Å². The minimum atomic E-state index is -0.761. The van der Waals surface area contributed by atoms with E-state index in [9.17, 15) is 19.5 Å². The Bertz CT molecular complexity index is 1240. The van der Waals surface area contributed by atoms with Gasteiger partial charge in [0.25, 0.3) is 0 Å². The third kappa shape index (κ3) is 6.28. The molecule has 10 nitrogen and oxygen atoms in total. The molecule has 2 bridgehead atoms. The Morgan fingerprint density at radius 1 is 1.16 bits per heavy atom. The van der Waals surface area contributed by atoms with E-state index in [-0.39, 0.29) is 29.6 Å². The van der Waals surface area contributed by atoms with E-state index < -0.39 is 28.7 Å². The summed E-state index contributed by atoms with van der Waals surface area (Å²) < 4.78 is 10.4. The van der Waals surface area contributed by atoms with Gasteiger partial charge in [-0.1, -0.05) is 19.1 Å². The van der Waals surface area contributed by atoms with Crippen molar-refractivity contribution in [1.29, 1.82) is 0 Å². The number of benzene rings is 1. The fraction of sp³-hybridized carbons (Fsp3) is 0.618. The van der Waals surface area contributed by atoms with E-state index in [0.717, 1.165) is 25.3 Å². The average molecular weight is 641 g/mol. The van der Waals surface area contributed by atoms with E-state index >= 15 is 0 Å². The number of morpholine rings is 1. The topological polar surface area (TPSA) is 103 Å². The third-order valence-electron chi connectivity index (χ3n) is 9.82. The molecule has 1 N–H and O–H groups in total. The highest BCUT2D eigenvalue weighted by Crippen LogP contribution is 2.67. The van der Waals surface area contributed by atoms with Crippen molar-refractivity contribution >= 4 is 35.2 Å². The van der Waals surface area contributed by atoms with E-state index in [4.69, 9.17) is 9.47 Å². The Hall–Kier alpha value is -2.86. The molecule has 1 spiro atoms. The molecular formula is C34H48N4O6S. The van der Waals surface area contributed by atoms with Gasteiger partial charge in [-0.3, -0.25) is 19.3 Å². The van der Waals surface area contributed by atoms with E-state index in [1.807, 2.05) is 43.0 Å². The number of carbonyl (C=O) groups is 3. The van der Waals surface area contributed by atoms with Gasteiger partial charge in [-0.2, -0.15) is 0 Å². The number of anilines is 1. The first-order chi connectivity index (χ1) is 21.8. The first-order valence-corrected chi connectivity index (χ1v) is 17.2. The number of ether oxygens (including phenoxy) is 2. The molecule has 11 heteroatoms. The van der Waals surface area contributed by atoms with Crippen LogP contribution in [0.5, 0.6) is 5.75 Å². The Morgan fingerprint density at radius 2 is 1.87 bits per heavy atom. The summed E-state index contributed by atoms with van der Waals surface area (Å²) in [4.78, 5) is 51.2. The molecule has 45 heavy (non-hydrogen) atoms. The normalized spacial score (nSPS) is 28.1. The molecule has 4 aliphatic heterocycles. The summed E-state index contributed by atoms with van der Waals surface area (Å²) in [5.41, 5.74) is 0.710. The number of carbonyl (C=O) groups excluding carboxylic acids is 3. The Labute approximate surface area is 271 Å². The Morgan fingerprint density at radius 3 is 2.49 bits per heavy atom. The van der Waals surface area contributed by atoms with Crippen LogP contribution in [0.25, 0.3) is 0 Å². The van der Waals surface area contributed by atoms with Crippen molar-refractivity contribution in [2.24, 2.45) is 11.8 Å². The summed E-state index contributed by atoms with van der Waals surface area (Å²) in [7, 11) is 0. The minimum absolute atomic E-state index is 0.0747. The molecule has 2 unspecified atom stereocenters. The van der Waals surface area contributed by atoms with Gasteiger partial charge >= 0.3 is 0 Å². The van der Waals surface area contributed by atoms with Crippen LogP contribution < -0.4 is 9.64 Å². The largest absolute Gasteiger partial charge is 0.494 e. The second kappa shape index (κ2) is 14.7. The molecule has 3 amide bonds. The quantitative estimate of drug-likeness (QED) is 0.292. The van der Waals surface area contributed by atoms with E-state index in [1.54, 1.807) is 33.7 Å². The van der Waals surface area contributed by atoms with Crippen LogP contribution >= 0.6 is 11.8 Å². The summed E-state index contributed by atoms with van der Waals surface area (Å²) in [6.45, 7) is 16.8. The second-order valence-corrected chi connectivity index (χ2v) is 13.8. The van der Waals surface area contributed by atoms with Gasteiger partial charge in [0.05, 0.1) is 49.1 Å². The molecule has 4 aliphatic rings. The van der Waals surface area contributed by atoms with E-state index in [0.29, 0.717) is 64.5 Å². The Balaban J connectivity index is 1.47. The van der Waals surface area contributed by atoms with Gasteiger partial charge < -0.3 is 29.3 Å². The highest BCUT2D eigenvalue weighted by atomic mass is 32.2. The summed E-state index contributed by atoms with van der Waals surface area (Å²) in [5, 5.41) is 10.4. The predicted molar refractivity (Wildman–Crippen MR) is 176 cm³/mol. The third-order valence-corrected chi connectivity index (χ3v) is 11.8. The summed E-state index contributed by atoms with van der Waals surface area (Å²) in [5.74, 6) is -0.960. The van der Waals surface area contributed by atoms with Crippen molar-refractivity contribution in [3.05, 3.63) is 49.6 Å². The van der Waals surface area contributed by atoms with Crippen LogP contribution in [0.1, 0.15) is 33.1 Å². The number of thioether (sulfide) groups is 1. The van der Waals surface area contributed by atoms with Crippen molar-refractivity contribution < 1.29 is 29.0 Å². The maximum Gasteiger partial charge on any atom is 0.247 e. The fourth-order valence-electron chi connectivity index (χ4n) is 7.69. The zero-order valence-electron chi connectivity index (χ0n) is 26.6. The lowest BCUT2D eigenvalue weighted by atomic mass is 9.70.